The Morgan fingerprint density at radius 3 is 2.40 bits per heavy atom. The van der Waals surface area contributed by atoms with Gasteiger partial charge in [-0.05, 0) is 25.0 Å². The minimum atomic E-state index is -3.30. The predicted molar refractivity (Wildman–Crippen MR) is 82.3 cm³/mol. The third-order valence-electron chi connectivity index (χ3n) is 3.41. The lowest BCUT2D eigenvalue weighted by Crippen LogP contribution is -2.38. The summed E-state index contributed by atoms with van der Waals surface area (Å²) in [5, 5.41) is 0. The van der Waals surface area contributed by atoms with Crippen LogP contribution < -0.4 is 10.5 Å². The Hall–Kier alpha value is -1.27. The van der Waals surface area contributed by atoms with Gasteiger partial charge >= 0.3 is 0 Å². The standard InChI is InChI=1S/C14H24N2O3S/c1-4-12(5-2)16(3)20(17,18)11-10-19-14-9-7-6-8-13(14)15/h6-9,12H,4-5,10-11,15H2,1-3H3. The Morgan fingerprint density at radius 2 is 1.85 bits per heavy atom. The SMILES string of the molecule is CCC(CC)N(C)S(=O)(=O)CCOc1ccccc1N. The van der Waals surface area contributed by atoms with Crippen LogP contribution in [0.2, 0.25) is 0 Å². The summed E-state index contributed by atoms with van der Waals surface area (Å²) in [7, 11) is -1.67. The van der Waals surface area contributed by atoms with Crippen LogP contribution in [0.5, 0.6) is 5.75 Å². The van der Waals surface area contributed by atoms with Gasteiger partial charge < -0.3 is 10.5 Å². The molecule has 0 radical (unpaired) electrons. The van der Waals surface area contributed by atoms with Crippen LogP contribution in [-0.4, -0.2) is 38.2 Å². The lowest BCUT2D eigenvalue weighted by molar-refractivity contribution is 0.323. The number of ether oxygens (including phenoxy) is 1. The number of sulfonamides is 1. The van der Waals surface area contributed by atoms with Gasteiger partial charge in [0.2, 0.25) is 10.0 Å². The normalized spacial score (nSPS) is 12.1. The van der Waals surface area contributed by atoms with E-state index in [2.05, 4.69) is 0 Å². The molecule has 114 valence electrons. The summed E-state index contributed by atoms with van der Waals surface area (Å²) in [5.41, 5.74) is 6.25. The average Bonchev–Trinajstić information content (AvgIpc) is 2.42. The van der Waals surface area contributed by atoms with Gasteiger partial charge in [-0.3, -0.25) is 0 Å². The highest BCUT2D eigenvalue weighted by Gasteiger charge is 2.23. The Balaban J connectivity index is 2.58. The highest BCUT2D eigenvalue weighted by Crippen LogP contribution is 2.20. The number of para-hydroxylation sites is 2. The van der Waals surface area contributed by atoms with Crippen molar-refractivity contribution in [1.29, 1.82) is 0 Å². The van der Waals surface area contributed by atoms with Gasteiger partial charge in [-0.15, -0.1) is 0 Å². The van der Waals surface area contributed by atoms with Gasteiger partial charge in [0.05, 0.1) is 11.4 Å². The first kappa shape index (κ1) is 16.8. The Kier molecular flexibility index (Phi) is 6.29. The number of hydrogen-bond donors (Lipinski definition) is 1. The van der Waals surface area contributed by atoms with Crippen LogP contribution in [0.4, 0.5) is 5.69 Å². The maximum atomic E-state index is 12.2. The van der Waals surface area contributed by atoms with Gasteiger partial charge in [0.1, 0.15) is 12.4 Å². The van der Waals surface area contributed by atoms with Crippen molar-refractivity contribution >= 4 is 15.7 Å². The van der Waals surface area contributed by atoms with Crippen molar-refractivity contribution in [2.24, 2.45) is 0 Å². The molecule has 1 rings (SSSR count). The van der Waals surface area contributed by atoms with Gasteiger partial charge in [-0.25, -0.2) is 12.7 Å². The minimum Gasteiger partial charge on any atom is -0.490 e. The molecule has 0 saturated heterocycles. The van der Waals surface area contributed by atoms with Crippen molar-refractivity contribution in [2.75, 3.05) is 25.1 Å². The molecule has 0 fully saturated rings. The van der Waals surface area contributed by atoms with Crippen molar-refractivity contribution < 1.29 is 13.2 Å². The summed E-state index contributed by atoms with van der Waals surface area (Å²) in [6.07, 6.45) is 1.61. The number of anilines is 1. The third-order valence-corrected chi connectivity index (χ3v) is 5.27. The van der Waals surface area contributed by atoms with E-state index in [-0.39, 0.29) is 18.4 Å². The van der Waals surface area contributed by atoms with Crippen LogP contribution in [0.15, 0.2) is 24.3 Å². The van der Waals surface area contributed by atoms with Crippen molar-refractivity contribution in [3.05, 3.63) is 24.3 Å². The molecule has 0 aliphatic heterocycles. The second-order valence-electron chi connectivity index (χ2n) is 4.69. The molecular weight excluding hydrogens is 276 g/mol. The zero-order chi connectivity index (χ0) is 15.2. The average molecular weight is 300 g/mol. The molecule has 0 spiro atoms. The second-order valence-corrected chi connectivity index (χ2v) is 6.84. The highest BCUT2D eigenvalue weighted by molar-refractivity contribution is 7.89. The molecule has 0 unspecified atom stereocenters. The van der Waals surface area contributed by atoms with Crippen LogP contribution in [0.1, 0.15) is 26.7 Å². The van der Waals surface area contributed by atoms with Crippen LogP contribution in [0.3, 0.4) is 0 Å². The number of rotatable bonds is 8. The lowest BCUT2D eigenvalue weighted by Gasteiger charge is -2.25. The molecule has 5 nitrogen and oxygen atoms in total. The van der Waals surface area contributed by atoms with E-state index in [1.165, 1.54) is 4.31 Å². The van der Waals surface area contributed by atoms with E-state index < -0.39 is 10.0 Å². The second kappa shape index (κ2) is 7.50. The van der Waals surface area contributed by atoms with Gasteiger partial charge in [0, 0.05) is 13.1 Å². The Bertz CT molecular complexity index is 513. The first-order valence-corrected chi connectivity index (χ1v) is 8.46. The maximum Gasteiger partial charge on any atom is 0.217 e. The van der Waals surface area contributed by atoms with Crippen molar-refractivity contribution in [3.63, 3.8) is 0 Å². The van der Waals surface area contributed by atoms with Crippen LogP contribution >= 0.6 is 0 Å². The van der Waals surface area contributed by atoms with Crippen molar-refractivity contribution in [2.45, 2.75) is 32.7 Å². The fourth-order valence-corrected chi connectivity index (χ4v) is 3.38. The topological polar surface area (TPSA) is 72.6 Å². The van der Waals surface area contributed by atoms with Gasteiger partial charge in [0.15, 0.2) is 0 Å². The zero-order valence-corrected chi connectivity index (χ0v) is 13.2. The molecule has 0 amide bonds. The molecule has 0 aliphatic carbocycles. The first-order valence-electron chi connectivity index (χ1n) is 6.85. The molecule has 0 bridgehead atoms. The van der Waals surface area contributed by atoms with E-state index in [1.54, 1.807) is 31.3 Å². The zero-order valence-electron chi connectivity index (χ0n) is 12.4. The number of nitrogens with zero attached hydrogens (tertiary/aromatic N) is 1. The molecule has 0 heterocycles. The number of benzene rings is 1. The fraction of sp³-hybridized carbons (Fsp3) is 0.571. The molecule has 6 heteroatoms. The van der Waals surface area contributed by atoms with Crippen LogP contribution in [0.25, 0.3) is 0 Å². The molecule has 0 atom stereocenters. The van der Waals surface area contributed by atoms with Gasteiger partial charge in [0.25, 0.3) is 0 Å². The quantitative estimate of drug-likeness (QED) is 0.746. The minimum absolute atomic E-state index is 0.0433. The first-order chi connectivity index (χ1) is 9.42. The molecule has 1 aromatic carbocycles. The third kappa shape index (κ3) is 4.38. The monoisotopic (exact) mass is 300 g/mol. The number of nitrogen functional groups attached to an aromatic ring is 1. The van der Waals surface area contributed by atoms with E-state index in [1.807, 2.05) is 13.8 Å². The van der Waals surface area contributed by atoms with E-state index >= 15 is 0 Å². The van der Waals surface area contributed by atoms with Crippen molar-refractivity contribution in [1.82, 2.24) is 4.31 Å². The molecule has 0 aromatic heterocycles. The summed E-state index contributed by atoms with van der Waals surface area (Å²) in [6, 6.07) is 7.10. The summed E-state index contributed by atoms with van der Waals surface area (Å²) in [5.74, 6) is 0.474. The predicted octanol–water partition coefficient (Wildman–Crippen LogP) is 2.10. The molecule has 0 saturated carbocycles. The van der Waals surface area contributed by atoms with Crippen LogP contribution in [0, 0.1) is 0 Å². The Morgan fingerprint density at radius 1 is 1.25 bits per heavy atom. The molecule has 2 N–H and O–H groups in total. The largest absolute Gasteiger partial charge is 0.490 e. The lowest BCUT2D eigenvalue weighted by atomic mass is 10.2. The van der Waals surface area contributed by atoms with Gasteiger partial charge in [-0.2, -0.15) is 0 Å². The summed E-state index contributed by atoms with van der Waals surface area (Å²) in [6.45, 7) is 4.07. The van der Waals surface area contributed by atoms with E-state index in [0.29, 0.717) is 11.4 Å². The van der Waals surface area contributed by atoms with Crippen LogP contribution in [-0.2, 0) is 10.0 Å². The molecule has 0 aliphatic rings. The number of nitrogens with two attached hydrogens (primary N) is 1. The van der Waals surface area contributed by atoms with E-state index in [4.69, 9.17) is 10.5 Å². The summed E-state index contributed by atoms with van der Waals surface area (Å²) >= 11 is 0. The fourth-order valence-electron chi connectivity index (χ4n) is 2.04. The molecule has 1 aromatic rings. The maximum absolute atomic E-state index is 12.2. The van der Waals surface area contributed by atoms with Crippen molar-refractivity contribution in [3.8, 4) is 5.75 Å². The molecular formula is C14H24N2O3S. The smallest absolute Gasteiger partial charge is 0.217 e. The van der Waals surface area contributed by atoms with E-state index in [9.17, 15) is 8.42 Å². The summed E-state index contributed by atoms with van der Waals surface area (Å²) in [4.78, 5) is 0. The molecule has 20 heavy (non-hydrogen) atoms. The van der Waals surface area contributed by atoms with Gasteiger partial charge in [-0.1, -0.05) is 26.0 Å². The highest BCUT2D eigenvalue weighted by atomic mass is 32.2. The summed E-state index contributed by atoms with van der Waals surface area (Å²) < 4.78 is 31.2. The van der Waals surface area contributed by atoms with E-state index in [0.717, 1.165) is 12.8 Å². The Labute approximate surface area is 121 Å². The number of hydrogen-bond acceptors (Lipinski definition) is 4.